The number of esters is 1. The first-order chi connectivity index (χ1) is 12.0. The van der Waals surface area contributed by atoms with Gasteiger partial charge < -0.3 is 14.8 Å². The summed E-state index contributed by atoms with van der Waals surface area (Å²) in [4.78, 5) is 23.9. The number of amides is 1. The van der Waals surface area contributed by atoms with Crippen molar-refractivity contribution in [3.05, 3.63) is 64.6 Å². The Morgan fingerprint density at radius 3 is 2.32 bits per heavy atom. The maximum Gasteiger partial charge on any atom is 0.331 e. The van der Waals surface area contributed by atoms with Gasteiger partial charge in [0.15, 0.2) is 6.10 Å². The summed E-state index contributed by atoms with van der Waals surface area (Å²) in [5.41, 5.74) is 1.45. The van der Waals surface area contributed by atoms with Crippen molar-refractivity contribution in [2.75, 3.05) is 12.4 Å². The molecule has 1 amide bonds. The molecule has 2 rings (SSSR count). The van der Waals surface area contributed by atoms with E-state index in [0.29, 0.717) is 5.69 Å². The van der Waals surface area contributed by atoms with Crippen LogP contribution in [0.25, 0.3) is 6.08 Å². The number of halogens is 1. The van der Waals surface area contributed by atoms with Crippen molar-refractivity contribution in [2.24, 2.45) is 0 Å². The lowest BCUT2D eigenvalue weighted by Crippen LogP contribution is -2.29. The van der Waals surface area contributed by atoms with Gasteiger partial charge >= 0.3 is 5.97 Å². The van der Waals surface area contributed by atoms with E-state index in [1.807, 2.05) is 24.3 Å². The van der Waals surface area contributed by atoms with Crippen molar-refractivity contribution in [3.8, 4) is 5.75 Å². The zero-order valence-corrected chi connectivity index (χ0v) is 15.4. The molecular weight excluding hydrogens is 386 g/mol. The highest BCUT2D eigenvalue weighted by atomic mass is 79.9. The Balaban J connectivity index is 1.86. The van der Waals surface area contributed by atoms with Crippen LogP contribution in [0.3, 0.4) is 0 Å². The Labute approximate surface area is 154 Å². The van der Waals surface area contributed by atoms with Crippen LogP contribution in [0.15, 0.2) is 59.1 Å². The molecule has 0 fully saturated rings. The van der Waals surface area contributed by atoms with E-state index in [4.69, 9.17) is 9.47 Å². The third-order valence-corrected chi connectivity index (χ3v) is 3.83. The number of ether oxygens (including phenoxy) is 2. The summed E-state index contributed by atoms with van der Waals surface area (Å²) in [6.07, 6.45) is 1.99. The third kappa shape index (κ3) is 6.08. The van der Waals surface area contributed by atoms with Gasteiger partial charge in [-0.3, -0.25) is 4.79 Å². The van der Waals surface area contributed by atoms with Crippen LogP contribution in [-0.2, 0) is 14.3 Å². The maximum absolute atomic E-state index is 12.0. The molecule has 2 aromatic rings. The molecule has 25 heavy (non-hydrogen) atoms. The van der Waals surface area contributed by atoms with Gasteiger partial charge in [-0.2, -0.15) is 0 Å². The van der Waals surface area contributed by atoms with E-state index in [0.717, 1.165) is 15.8 Å². The summed E-state index contributed by atoms with van der Waals surface area (Å²) in [6.45, 7) is 1.52. The number of rotatable bonds is 6. The second kappa shape index (κ2) is 9.03. The van der Waals surface area contributed by atoms with Gasteiger partial charge in [0.05, 0.1) is 7.11 Å². The molecule has 1 atom stereocenters. The molecule has 0 radical (unpaired) electrons. The molecule has 5 nitrogen and oxygen atoms in total. The molecule has 0 unspecified atom stereocenters. The molecule has 1 N–H and O–H groups in total. The number of benzene rings is 2. The maximum atomic E-state index is 12.0. The first-order valence-corrected chi connectivity index (χ1v) is 8.36. The molecule has 0 aliphatic carbocycles. The van der Waals surface area contributed by atoms with Crippen LogP contribution in [0.2, 0.25) is 0 Å². The van der Waals surface area contributed by atoms with Gasteiger partial charge in [0.1, 0.15) is 5.75 Å². The number of anilines is 1. The molecule has 0 spiro atoms. The van der Waals surface area contributed by atoms with Crippen molar-refractivity contribution >= 4 is 39.6 Å². The van der Waals surface area contributed by atoms with E-state index in [2.05, 4.69) is 21.2 Å². The molecule has 130 valence electrons. The Morgan fingerprint density at radius 2 is 1.72 bits per heavy atom. The Kier molecular flexibility index (Phi) is 6.77. The van der Waals surface area contributed by atoms with Crippen molar-refractivity contribution in [1.29, 1.82) is 0 Å². The smallest absolute Gasteiger partial charge is 0.331 e. The predicted molar refractivity (Wildman–Crippen MR) is 100 cm³/mol. The molecule has 0 aliphatic rings. The zero-order chi connectivity index (χ0) is 18.2. The summed E-state index contributed by atoms with van der Waals surface area (Å²) >= 11 is 3.32. The van der Waals surface area contributed by atoms with Crippen molar-refractivity contribution in [3.63, 3.8) is 0 Å². The highest BCUT2D eigenvalue weighted by molar-refractivity contribution is 9.10. The van der Waals surface area contributed by atoms with Crippen molar-refractivity contribution in [1.82, 2.24) is 0 Å². The largest absolute Gasteiger partial charge is 0.497 e. The Bertz CT molecular complexity index is 754. The van der Waals surface area contributed by atoms with Crippen LogP contribution in [0.4, 0.5) is 5.69 Å². The van der Waals surface area contributed by atoms with Crippen LogP contribution >= 0.6 is 15.9 Å². The monoisotopic (exact) mass is 403 g/mol. The number of carbonyl (C=O) groups excluding carboxylic acids is 2. The second-order valence-electron chi connectivity index (χ2n) is 5.18. The molecule has 6 heteroatoms. The van der Waals surface area contributed by atoms with Crippen LogP contribution in [0, 0.1) is 0 Å². The van der Waals surface area contributed by atoms with Crippen LogP contribution in [0.5, 0.6) is 5.75 Å². The van der Waals surface area contributed by atoms with Crippen LogP contribution in [0.1, 0.15) is 12.5 Å². The first kappa shape index (κ1) is 18.7. The summed E-state index contributed by atoms with van der Waals surface area (Å²) < 4.78 is 11.1. The molecule has 0 bridgehead atoms. The first-order valence-electron chi connectivity index (χ1n) is 7.57. The fourth-order valence-corrected chi connectivity index (χ4v) is 2.19. The molecule has 0 aliphatic heterocycles. The topological polar surface area (TPSA) is 64.6 Å². The fourth-order valence-electron chi connectivity index (χ4n) is 1.92. The summed E-state index contributed by atoms with van der Waals surface area (Å²) in [5, 5.41) is 2.69. The normalized spacial score (nSPS) is 11.8. The SMILES string of the molecule is COc1ccc(/C=C/C(=O)O[C@H](C)C(=O)Nc2ccc(Br)cc2)cc1. The minimum absolute atomic E-state index is 0.395. The second-order valence-corrected chi connectivity index (χ2v) is 6.10. The number of hydrogen-bond acceptors (Lipinski definition) is 4. The number of methoxy groups -OCH3 is 1. The average Bonchev–Trinajstić information content (AvgIpc) is 2.62. The number of nitrogens with one attached hydrogen (secondary N) is 1. The molecule has 0 saturated heterocycles. The standard InChI is InChI=1S/C19H18BrNO4/c1-13(19(23)21-16-8-6-15(20)7-9-16)25-18(22)12-5-14-3-10-17(24-2)11-4-14/h3-13H,1-2H3,(H,21,23)/b12-5+/t13-/m1/s1. The zero-order valence-electron chi connectivity index (χ0n) is 13.9. The minimum Gasteiger partial charge on any atom is -0.497 e. The number of carbonyl (C=O) groups is 2. The lowest BCUT2D eigenvalue weighted by Gasteiger charge is -2.12. The van der Waals surface area contributed by atoms with E-state index in [9.17, 15) is 9.59 Å². The van der Waals surface area contributed by atoms with Gasteiger partial charge in [0.25, 0.3) is 5.91 Å². The van der Waals surface area contributed by atoms with E-state index in [1.165, 1.54) is 13.0 Å². The van der Waals surface area contributed by atoms with E-state index in [-0.39, 0.29) is 0 Å². The highest BCUT2D eigenvalue weighted by Gasteiger charge is 2.16. The van der Waals surface area contributed by atoms with Crippen LogP contribution in [-0.4, -0.2) is 25.1 Å². The molecule has 0 aromatic heterocycles. The van der Waals surface area contributed by atoms with Crippen molar-refractivity contribution < 1.29 is 19.1 Å². The van der Waals surface area contributed by atoms with E-state index >= 15 is 0 Å². The molecular formula is C19H18BrNO4. The van der Waals surface area contributed by atoms with E-state index < -0.39 is 18.0 Å². The Morgan fingerprint density at radius 1 is 1.08 bits per heavy atom. The molecule has 0 saturated carbocycles. The van der Waals surface area contributed by atoms with Crippen LogP contribution < -0.4 is 10.1 Å². The van der Waals surface area contributed by atoms with Gasteiger partial charge in [-0.15, -0.1) is 0 Å². The predicted octanol–water partition coefficient (Wildman–Crippen LogP) is 4.04. The number of hydrogen-bond donors (Lipinski definition) is 1. The Hall–Kier alpha value is -2.60. The minimum atomic E-state index is -0.906. The quantitative estimate of drug-likeness (QED) is 0.583. The fraction of sp³-hybridized carbons (Fsp3) is 0.158. The molecule has 2 aromatic carbocycles. The van der Waals surface area contributed by atoms with Gasteiger partial charge in [0.2, 0.25) is 0 Å². The van der Waals surface area contributed by atoms with Gasteiger partial charge in [-0.25, -0.2) is 4.79 Å². The molecule has 0 heterocycles. The van der Waals surface area contributed by atoms with E-state index in [1.54, 1.807) is 37.5 Å². The summed E-state index contributed by atoms with van der Waals surface area (Å²) in [6, 6.07) is 14.3. The van der Waals surface area contributed by atoms with Gasteiger partial charge in [-0.05, 0) is 55.0 Å². The lowest BCUT2D eigenvalue weighted by atomic mass is 10.2. The highest BCUT2D eigenvalue weighted by Crippen LogP contribution is 2.15. The summed E-state index contributed by atoms with van der Waals surface area (Å²) in [5.74, 6) is -0.249. The summed E-state index contributed by atoms with van der Waals surface area (Å²) in [7, 11) is 1.59. The van der Waals surface area contributed by atoms with Crippen molar-refractivity contribution in [2.45, 2.75) is 13.0 Å². The van der Waals surface area contributed by atoms with Gasteiger partial charge in [0, 0.05) is 16.2 Å². The van der Waals surface area contributed by atoms with Gasteiger partial charge in [-0.1, -0.05) is 28.1 Å². The lowest BCUT2D eigenvalue weighted by molar-refractivity contribution is -0.148. The average molecular weight is 404 g/mol. The third-order valence-electron chi connectivity index (χ3n) is 3.30.